The van der Waals surface area contributed by atoms with Crippen molar-refractivity contribution in [1.29, 1.82) is 0 Å². The lowest BCUT2D eigenvalue weighted by Gasteiger charge is -2.38. The number of aliphatic hydroxyl groups excluding tert-OH is 1. The summed E-state index contributed by atoms with van der Waals surface area (Å²) in [5.41, 5.74) is 3.27. The number of nitrogens with zero attached hydrogens (tertiary/aromatic N) is 1. The van der Waals surface area contributed by atoms with Gasteiger partial charge in [0.05, 0.1) is 18.8 Å². The summed E-state index contributed by atoms with van der Waals surface area (Å²) in [5.74, 6) is 0.400. The maximum Gasteiger partial charge on any atom is 0.0856 e. The summed E-state index contributed by atoms with van der Waals surface area (Å²) in [4.78, 5) is 4.17. The highest BCUT2D eigenvalue weighted by atomic mass is 16.5. The average molecular weight is 386 g/mol. The van der Waals surface area contributed by atoms with Crippen LogP contribution in [0, 0.1) is 11.8 Å². The first kappa shape index (κ1) is 19.6. The molecule has 1 saturated heterocycles. The van der Waals surface area contributed by atoms with Gasteiger partial charge in [-0.15, -0.1) is 0 Å². The van der Waals surface area contributed by atoms with Gasteiger partial charge in [-0.05, 0) is 41.5 Å². The van der Waals surface area contributed by atoms with Gasteiger partial charge in [0.25, 0.3) is 0 Å². The van der Waals surface area contributed by atoms with Crippen LogP contribution in [0.25, 0.3) is 6.08 Å². The molecule has 0 aliphatic carbocycles. The maximum absolute atomic E-state index is 10.9. The van der Waals surface area contributed by atoms with Crippen LogP contribution in [0.3, 0.4) is 0 Å². The molecule has 1 aromatic heterocycles. The maximum atomic E-state index is 10.9. The predicted octanol–water partition coefficient (Wildman–Crippen LogP) is 5.61. The normalized spacial score (nSPS) is 23.1. The molecular weight excluding hydrogens is 358 g/mol. The van der Waals surface area contributed by atoms with Gasteiger partial charge >= 0.3 is 0 Å². The highest BCUT2D eigenvalue weighted by molar-refractivity contribution is 5.47. The van der Waals surface area contributed by atoms with E-state index in [-0.39, 0.29) is 12.0 Å². The third kappa shape index (κ3) is 5.00. The molecule has 0 bridgehead atoms. The smallest absolute Gasteiger partial charge is 0.0856 e. The van der Waals surface area contributed by atoms with Gasteiger partial charge in [-0.3, -0.25) is 4.98 Å². The van der Waals surface area contributed by atoms with E-state index in [1.807, 2.05) is 48.7 Å². The zero-order chi connectivity index (χ0) is 19.9. The summed E-state index contributed by atoms with van der Waals surface area (Å²) in [6, 6.07) is 24.3. The molecule has 0 unspecified atom stereocenters. The largest absolute Gasteiger partial charge is 0.388 e. The Labute approximate surface area is 172 Å². The Bertz CT molecular complexity index is 896. The quantitative estimate of drug-likeness (QED) is 0.599. The number of hydrogen-bond donors (Lipinski definition) is 1. The lowest BCUT2D eigenvalue weighted by atomic mass is 9.79. The van der Waals surface area contributed by atoms with Crippen molar-refractivity contribution >= 4 is 6.08 Å². The van der Waals surface area contributed by atoms with Crippen molar-refractivity contribution in [1.82, 2.24) is 4.98 Å². The number of benzene rings is 2. The van der Waals surface area contributed by atoms with Crippen LogP contribution in [0.4, 0.5) is 0 Å². The van der Waals surface area contributed by atoms with Crippen LogP contribution in [0.15, 0.2) is 91.3 Å². The lowest BCUT2D eigenvalue weighted by Crippen LogP contribution is -2.32. The molecule has 0 saturated carbocycles. The van der Waals surface area contributed by atoms with Crippen molar-refractivity contribution in [2.45, 2.75) is 25.0 Å². The first-order valence-electron chi connectivity index (χ1n) is 10.3. The van der Waals surface area contributed by atoms with Gasteiger partial charge in [-0.2, -0.15) is 0 Å². The first-order valence-corrected chi connectivity index (χ1v) is 10.3. The van der Waals surface area contributed by atoms with E-state index >= 15 is 0 Å². The van der Waals surface area contributed by atoms with E-state index in [9.17, 15) is 5.11 Å². The Hall–Kier alpha value is -2.75. The molecule has 148 valence electrons. The van der Waals surface area contributed by atoms with Gasteiger partial charge in [-0.1, -0.05) is 78.9 Å². The molecule has 1 aliphatic rings. The van der Waals surface area contributed by atoms with E-state index in [1.165, 1.54) is 5.56 Å². The Balaban J connectivity index is 1.51. The molecular formula is C26H27NO2. The standard InChI is InChI=1S/C26H27NO2/c28-25(21-11-3-1-4-12-21)24-17-23(15-7-9-20-10-8-16-27-18-20)26(29-19-24)22-13-5-2-6-14-22/h1-14,16,18,23-26,28H,15,17,19H2/b9-7+/t23-,24+,25-,26+/m0/s1. The number of aromatic nitrogens is 1. The molecule has 0 spiro atoms. The summed E-state index contributed by atoms with van der Waals surface area (Å²) in [5, 5.41) is 10.9. The van der Waals surface area contributed by atoms with Gasteiger partial charge in [0.15, 0.2) is 0 Å². The second-order valence-corrected chi connectivity index (χ2v) is 7.70. The molecule has 0 radical (unpaired) electrons. The molecule has 1 fully saturated rings. The number of rotatable bonds is 6. The van der Waals surface area contributed by atoms with Crippen LogP contribution in [-0.4, -0.2) is 16.7 Å². The zero-order valence-corrected chi connectivity index (χ0v) is 16.5. The molecule has 1 aliphatic heterocycles. The zero-order valence-electron chi connectivity index (χ0n) is 16.5. The molecule has 0 amide bonds. The van der Waals surface area contributed by atoms with Gasteiger partial charge in [0.2, 0.25) is 0 Å². The van der Waals surface area contributed by atoms with Crippen LogP contribution in [-0.2, 0) is 4.74 Å². The second-order valence-electron chi connectivity index (χ2n) is 7.70. The Morgan fingerprint density at radius 3 is 2.48 bits per heavy atom. The van der Waals surface area contributed by atoms with Crippen LogP contribution >= 0.6 is 0 Å². The van der Waals surface area contributed by atoms with E-state index in [4.69, 9.17) is 4.74 Å². The van der Waals surface area contributed by atoms with Gasteiger partial charge in [0.1, 0.15) is 0 Å². The third-order valence-corrected chi connectivity index (χ3v) is 5.67. The number of aliphatic hydroxyl groups is 1. The molecule has 4 rings (SSSR count). The Kier molecular flexibility index (Phi) is 6.50. The minimum atomic E-state index is -0.502. The Morgan fingerprint density at radius 1 is 1.00 bits per heavy atom. The summed E-state index contributed by atoms with van der Waals surface area (Å²) >= 11 is 0. The van der Waals surface area contributed by atoms with Crippen LogP contribution < -0.4 is 0 Å². The molecule has 29 heavy (non-hydrogen) atoms. The highest BCUT2D eigenvalue weighted by Gasteiger charge is 2.35. The van der Waals surface area contributed by atoms with E-state index < -0.39 is 6.10 Å². The third-order valence-electron chi connectivity index (χ3n) is 5.67. The van der Waals surface area contributed by atoms with Crippen molar-refractivity contribution in [3.8, 4) is 0 Å². The Morgan fingerprint density at radius 2 is 1.76 bits per heavy atom. The van der Waals surface area contributed by atoms with E-state index in [0.29, 0.717) is 12.5 Å². The fourth-order valence-electron chi connectivity index (χ4n) is 4.17. The van der Waals surface area contributed by atoms with E-state index in [1.54, 1.807) is 6.20 Å². The monoisotopic (exact) mass is 385 g/mol. The number of allylic oxidation sites excluding steroid dienone is 1. The molecule has 2 aromatic carbocycles. The van der Waals surface area contributed by atoms with Crippen LogP contribution in [0.5, 0.6) is 0 Å². The van der Waals surface area contributed by atoms with Gasteiger partial charge in [0, 0.05) is 18.3 Å². The number of hydrogen-bond acceptors (Lipinski definition) is 3. The molecule has 1 N–H and O–H groups in total. The predicted molar refractivity (Wildman–Crippen MR) is 116 cm³/mol. The van der Waals surface area contributed by atoms with Crippen molar-refractivity contribution in [2.75, 3.05) is 6.61 Å². The minimum absolute atomic E-state index is 0.0500. The summed E-state index contributed by atoms with van der Waals surface area (Å²) < 4.78 is 6.33. The molecule has 3 heteroatoms. The van der Waals surface area contributed by atoms with E-state index in [0.717, 1.165) is 24.0 Å². The van der Waals surface area contributed by atoms with Crippen molar-refractivity contribution in [3.05, 3.63) is 108 Å². The first-order chi connectivity index (χ1) is 14.3. The van der Waals surface area contributed by atoms with Crippen LogP contribution in [0.2, 0.25) is 0 Å². The lowest BCUT2D eigenvalue weighted by molar-refractivity contribution is -0.0900. The highest BCUT2D eigenvalue weighted by Crippen LogP contribution is 2.42. The molecule has 3 nitrogen and oxygen atoms in total. The SMILES string of the molecule is O[C@@H](c1ccccc1)[C@H]1CO[C@H](c2ccccc2)[C@@H](C/C=C/c2cccnc2)C1. The fraction of sp³-hybridized carbons (Fsp3) is 0.269. The van der Waals surface area contributed by atoms with Crippen LogP contribution in [0.1, 0.15) is 41.7 Å². The van der Waals surface area contributed by atoms with Crippen molar-refractivity contribution < 1.29 is 9.84 Å². The number of pyridine rings is 1. The van der Waals surface area contributed by atoms with Gasteiger partial charge < -0.3 is 9.84 Å². The second kappa shape index (κ2) is 9.64. The van der Waals surface area contributed by atoms with E-state index in [2.05, 4.69) is 47.5 Å². The summed E-state index contributed by atoms with van der Waals surface area (Å²) in [6.07, 6.45) is 9.34. The number of ether oxygens (including phenoxy) is 1. The topological polar surface area (TPSA) is 42.4 Å². The molecule has 4 atom stereocenters. The van der Waals surface area contributed by atoms with Crippen molar-refractivity contribution in [3.63, 3.8) is 0 Å². The minimum Gasteiger partial charge on any atom is -0.388 e. The van der Waals surface area contributed by atoms with Gasteiger partial charge in [-0.25, -0.2) is 0 Å². The average Bonchev–Trinajstić information content (AvgIpc) is 2.80. The summed E-state index contributed by atoms with van der Waals surface area (Å²) in [6.45, 7) is 0.568. The summed E-state index contributed by atoms with van der Waals surface area (Å²) in [7, 11) is 0. The van der Waals surface area contributed by atoms with Crippen molar-refractivity contribution in [2.24, 2.45) is 11.8 Å². The fourth-order valence-corrected chi connectivity index (χ4v) is 4.17. The molecule has 3 aromatic rings. The molecule has 2 heterocycles.